The van der Waals surface area contributed by atoms with E-state index in [1.165, 1.54) is 10.6 Å². The van der Waals surface area contributed by atoms with E-state index in [1.54, 1.807) is 25.3 Å². The van der Waals surface area contributed by atoms with Gasteiger partial charge < -0.3 is 15.4 Å². The lowest BCUT2D eigenvalue weighted by Crippen LogP contribution is -2.35. The summed E-state index contributed by atoms with van der Waals surface area (Å²) in [6.45, 7) is 3.06. The number of carbonyl (C=O) groups is 1. The smallest absolute Gasteiger partial charge is 0.251 e. The van der Waals surface area contributed by atoms with Crippen molar-refractivity contribution in [2.24, 2.45) is 0 Å². The normalized spacial score (nSPS) is 13.8. The zero-order chi connectivity index (χ0) is 17.6. The number of halogens is 1. The summed E-state index contributed by atoms with van der Waals surface area (Å²) in [6.07, 6.45) is 2.74. The predicted octanol–water partition coefficient (Wildman–Crippen LogP) is 0.786. The van der Waals surface area contributed by atoms with E-state index >= 15 is 0 Å². The molecule has 0 spiro atoms. The average molecular weight is 392 g/mol. The molecule has 1 aliphatic heterocycles. The summed E-state index contributed by atoms with van der Waals surface area (Å²) in [4.78, 5) is 12.2. The minimum absolute atomic E-state index is 0. The number of nitrogens with one attached hydrogen (secondary N) is 2. The predicted molar refractivity (Wildman–Crippen MR) is 101 cm³/mol. The monoisotopic (exact) mass is 391 g/mol. The summed E-state index contributed by atoms with van der Waals surface area (Å²) in [5.41, 5.74) is 2.14. The first-order valence-corrected chi connectivity index (χ1v) is 9.87. The Hall–Kier alpha value is -1.35. The van der Waals surface area contributed by atoms with E-state index < -0.39 is 10.0 Å². The zero-order valence-corrected chi connectivity index (χ0v) is 16.2. The number of amides is 1. The molecule has 0 aromatic heterocycles. The molecule has 0 fully saturated rings. The maximum absolute atomic E-state index is 12.2. The second-order valence-electron chi connectivity index (χ2n) is 5.78. The van der Waals surface area contributed by atoms with Crippen molar-refractivity contribution in [1.29, 1.82) is 0 Å². The van der Waals surface area contributed by atoms with Gasteiger partial charge in [0.15, 0.2) is 0 Å². The van der Waals surface area contributed by atoms with Gasteiger partial charge in [0.1, 0.15) is 0 Å². The molecule has 9 heteroatoms. The molecule has 0 saturated heterocycles. The third-order valence-corrected chi connectivity index (χ3v) is 5.07. The van der Waals surface area contributed by atoms with Crippen LogP contribution in [0.3, 0.4) is 0 Å². The molecule has 1 heterocycles. The van der Waals surface area contributed by atoms with Crippen LogP contribution in [-0.4, -0.2) is 60.5 Å². The van der Waals surface area contributed by atoms with Crippen molar-refractivity contribution in [3.05, 3.63) is 29.3 Å². The highest BCUT2D eigenvalue weighted by Gasteiger charge is 2.24. The molecule has 1 aromatic rings. The number of sulfonamides is 1. The van der Waals surface area contributed by atoms with Crippen molar-refractivity contribution in [1.82, 2.24) is 10.6 Å². The van der Waals surface area contributed by atoms with Crippen LogP contribution in [0.5, 0.6) is 0 Å². The van der Waals surface area contributed by atoms with Gasteiger partial charge in [-0.25, -0.2) is 8.42 Å². The highest BCUT2D eigenvalue weighted by molar-refractivity contribution is 7.92. The number of hydrogen-bond donors (Lipinski definition) is 2. The Morgan fingerprint density at radius 1 is 1.28 bits per heavy atom. The van der Waals surface area contributed by atoms with Crippen LogP contribution in [-0.2, 0) is 21.2 Å². The number of hydrogen-bond acceptors (Lipinski definition) is 5. The Balaban J connectivity index is 0.00000312. The number of benzene rings is 1. The van der Waals surface area contributed by atoms with Gasteiger partial charge in [-0.2, -0.15) is 0 Å². The van der Waals surface area contributed by atoms with Crippen LogP contribution in [0.4, 0.5) is 5.69 Å². The van der Waals surface area contributed by atoms with Crippen LogP contribution in [0.15, 0.2) is 18.2 Å². The maximum Gasteiger partial charge on any atom is 0.251 e. The first-order chi connectivity index (χ1) is 11.4. The Morgan fingerprint density at radius 2 is 2.04 bits per heavy atom. The number of carbonyl (C=O) groups excluding carboxylic acids is 1. The SMILES string of the molecule is COCCNCCNC(=O)c1ccc2c(c1)CCCN2S(C)(=O)=O.Cl. The summed E-state index contributed by atoms with van der Waals surface area (Å²) in [5, 5.41) is 6.00. The third-order valence-electron chi connectivity index (χ3n) is 3.89. The lowest BCUT2D eigenvalue weighted by atomic mass is 10.0. The van der Waals surface area contributed by atoms with Gasteiger partial charge >= 0.3 is 0 Å². The molecule has 0 unspecified atom stereocenters. The van der Waals surface area contributed by atoms with Gasteiger partial charge in [0.05, 0.1) is 18.6 Å². The van der Waals surface area contributed by atoms with E-state index in [9.17, 15) is 13.2 Å². The van der Waals surface area contributed by atoms with Gasteiger partial charge in [0, 0.05) is 38.9 Å². The van der Waals surface area contributed by atoms with Crippen molar-refractivity contribution in [3.63, 3.8) is 0 Å². The van der Waals surface area contributed by atoms with Crippen LogP contribution < -0.4 is 14.9 Å². The molecule has 25 heavy (non-hydrogen) atoms. The molecule has 1 amide bonds. The van der Waals surface area contributed by atoms with Gasteiger partial charge in [-0.3, -0.25) is 9.10 Å². The third kappa shape index (κ3) is 6.14. The molecular formula is C16H26ClN3O4S. The van der Waals surface area contributed by atoms with Gasteiger partial charge in [-0.05, 0) is 36.6 Å². The number of aryl methyl sites for hydroxylation is 1. The lowest BCUT2D eigenvalue weighted by molar-refractivity contribution is 0.0953. The fraction of sp³-hybridized carbons (Fsp3) is 0.562. The van der Waals surface area contributed by atoms with E-state index in [0.29, 0.717) is 37.5 Å². The Kier molecular flexibility index (Phi) is 8.64. The van der Waals surface area contributed by atoms with Crippen molar-refractivity contribution < 1.29 is 17.9 Å². The molecule has 2 rings (SSSR count). The van der Waals surface area contributed by atoms with E-state index in [-0.39, 0.29) is 18.3 Å². The standard InChI is InChI=1S/C16H25N3O4S.ClH/c1-23-11-9-17-7-8-18-16(20)14-5-6-15-13(12-14)4-3-10-19(15)24(2,21)22;/h5-6,12,17H,3-4,7-11H2,1-2H3,(H,18,20);1H. The zero-order valence-electron chi connectivity index (χ0n) is 14.6. The van der Waals surface area contributed by atoms with E-state index in [1.807, 2.05) is 0 Å². The Bertz CT molecular complexity index is 682. The number of methoxy groups -OCH3 is 1. The summed E-state index contributed by atoms with van der Waals surface area (Å²) in [5.74, 6) is -0.150. The number of rotatable bonds is 8. The minimum atomic E-state index is -3.28. The van der Waals surface area contributed by atoms with Crippen LogP contribution in [0.1, 0.15) is 22.3 Å². The lowest BCUT2D eigenvalue weighted by Gasteiger charge is -2.29. The van der Waals surface area contributed by atoms with Crippen molar-refractivity contribution in [2.45, 2.75) is 12.8 Å². The molecule has 7 nitrogen and oxygen atoms in total. The van der Waals surface area contributed by atoms with Gasteiger partial charge in [-0.15, -0.1) is 12.4 Å². The Morgan fingerprint density at radius 3 is 2.72 bits per heavy atom. The molecule has 2 N–H and O–H groups in total. The Labute approximate surface area is 155 Å². The van der Waals surface area contributed by atoms with Gasteiger partial charge in [0.2, 0.25) is 10.0 Å². The highest BCUT2D eigenvalue weighted by atomic mass is 35.5. The minimum Gasteiger partial charge on any atom is -0.383 e. The van der Waals surface area contributed by atoms with Crippen molar-refractivity contribution >= 4 is 34.0 Å². The molecule has 142 valence electrons. The van der Waals surface area contributed by atoms with Crippen LogP contribution in [0.25, 0.3) is 0 Å². The van der Waals surface area contributed by atoms with Crippen LogP contribution >= 0.6 is 12.4 Å². The van der Waals surface area contributed by atoms with E-state index in [4.69, 9.17) is 4.74 Å². The van der Waals surface area contributed by atoms with Crippen molar-refractivity contribution in [3.8, 4) is 0 Å². The topological polar surface area (TPSA) is 87.7 Å². The molecule has 0 saturated carbocycles. The number of anilines is 1. The highest BCUT2D eigenvalue weighted by Crippen LogP contribution is 2.29. The van der Waals surface area contributed by atoms with Crippen LogP contribution in [0, 0.1) is 0 Å². The summed E-state index contributed by atoms with van der Waals surface area (Å²) < 4.78 is 30.0. The first-order valence-electron chi connectivity index (χ1n) is 8.02. The second kappa shape index (κ2) is 9.96. The quantitative estimate of drug-likeness (QED) is 0.639. The van der Waals surface area contributed by atoms with E-state index in [0.717, 1.165) is 24.9 Å². The molecule has 0 atom stereocenters. The first kappa shape index (κ1) is 21.7. The second-order valence-corrected chi connectivity index (χ2v) is 7.69. The molecule has 0 bridgehead atoms. The molecule has 0 radical (unpaired) electrons. The number of nitrogens with zero attached hydrogens (tertiary/aromatic N) is 1. The van der Waals surface area contributed by atoms with Gasteiger partial charge in [0.25, 0.3) is 5.91 Å². The summed E-state index contributed by atoms with van der Waals surface area (Å²) in [6, 6.07) is 5.19. The fourth-order valence-electron chi connectivity index (χ4n) is 2.71. The molecule has 0 aliphatic carbocycles. The summed E-state index contributed by atoms with van der Waals surface area (Å²) >= 11 is 0. The summed E-state index contributed by atoms with van der Waals surface area (Å²) in [7, 11) is -1.64. The van der Waals surface area contributed by atoms with E-state index in [2.05, 4.69) is 10.6 Å². The van der Waals surface area contributed by atoms with Gasteiger partial charge in [-0.1, -0.05) is 0 Å². The maximum atomic E-state index is 12.2. The van der Waals surface area contributed by atoms with Crippen LogP contribution in [0.2, 0.25) is 0 Å². The molecule has 1 aliphatic rings. The number of fused-ring (bicyclic) bond motifs is 1. The largest absolute Gasteiger partial charge is 0.383 e. The fourth-order valence-corrected chi connectivity index (χ4v) is 3.71. The molecular weight excluding hydrogens is 366 g/mol. The molecule has 1 aromatic carbocycles. The van der Waals surface area contributed by atoms with Crippen molar-refractivity contribution in [2.75, 3.05) is 50.5 Å². The number of ether oxygens (including phenoxy) is 1. The average Bonchev–Trinajstić information content (AvgIpc) is 2.55.